The molecule has 1 N–H and O–H groups in total. The third-order valence-electron chi connectivity index (χ3n) is 4.80. The van der Waals surface area contributed by atoms with Crippen LogP contribution >= 0.6 is 0 Å². The first-order valence-electron chi connectivity index (χ1n) is 8.66. The fourth-order valence-electron chi connectivity index (χ4n) is 3.36. The summed E-state index contributed by atoms with van der Waals surface area (Å²) < 4.78 is 38.5. The number of imidazole rings is 1. The zero-order valence-electron chi connectivity index (χ0n) is 14.7. The smallest absolute Gasteiger partial charge is 0.213 e. The quantitative estimate of drug-likeness (QED) is 0.851. The van der Waals surface area contributed by atoms with Crippen molar-refractivity contribution in [2.24, 2.45) is 0 Å². The first-order valence-corrected chi connectivity index (χ1v) is 10.3. The Balaban J connectivity index is 1.71. The number of likely N-dealkylation sites (tertiary alicyclic amines) is 1. The Bertz CT molecular complexity index is 834. The largest absolute Gasteiger partial charge is 0.341 e. The first-order chi connectivity index (χ1) is 11.9. The number of sulfonamides is 1. The lowest BCUT2D eigenvalue weighted by molar-refractivity contribution is 0.143. The highest BCUT2D eigenvalue weighted by Crippen LogP contribution is 2.30. The van der Waals surface area contributed by atoms with Gasteiger partial charge in [0.2, 0.25) is 10.0 Å². The highest BCUT2D eigenvalue weighted by Gasteiger charge is 2.27. The minimum atomic E-state index is -3.16. The molecule has 0 saturated carbocycles. The lowest BCUT2D eigenvalue weighted by Crippen LogP contribution is -2.36. The van der Waals surface area contributed by atoms with Crippen molar-refractivity contribution in [3.63, 3.8) is 0 Å². The Morgan fingerprint density at radius 2 is 2.16 bits per heavy atom. The molecule has 1 unspecified atom stereocenters. The van der Waals surface area contributed by atoms with Crippen molar-refractivity contribution in [1.29, 1.82) is 0 Å². The number of nitrogens with one attached hydrogen (secondary N) is 1. The maximum absolute atomic E-state index is 13.4. The summed E-state index contributed by atoms with van der Waals surface area (Å²) in [6, 6.07) is 4.69. The van der Waals surface area contributed by atoms with E-state index < -0.39 is 10.0 Å². The fraction of sp³-hybridized carbons (Fsp3) is 0.588. The van der Waals surface area contributed by atoms with Gasteiger partial charge >= 0.3 is 0 Å². The molecule has 3 rings (SSSR count). The molecule has 138 valence electrons. The number of hydrogen-bond donors (Lipinski definition) is 1. The maximum Gasteiger partial charge on any atom is 0.213 e. The Hall–Kier alpha value is -1.51. The van der Waals surface area contributed by atoms with Crippen LogP contribution in [0.5, 0.6) is 0 Å². The van der Waals surface area contributed by atoms with Crippen LogP contribution in [0.1, 0.15) is 37.5 Å². The van der Waals surface area contributed by atoms with Crippen molar-refractivity contribution < 1.29 is 12.8 Å². The van der Waals surface area contributed by atoms with Crippen LogP contribution in [0, 0.1) is 5.82 Å². The summed E-state index contributed by atoms with van der Waals surface area (Å²) in [5.41, 5.74) is 1.47. The molecule has 25 heavy (non-hydrogen) atoms. The average molecular weight is 368 g/mol. The summed E-state index contributed by atoms with van der Waals surface area (Å²) in [4.78, 5) is 10.2. The molecule has 0 radical (unpaired) electrons. The highest BCUT2D eigenvalue weighted by molar-refractivity contribution is 7.89. The molecule has 1 aromatic heterocycles. The third-order valence-corrected chi connectivity index (χ3v) is 6.71. The van der Waals surface area contributed by atoms with E-state index in [9.17, 15) is 12.8 Å². The van der Waals surface area contributed by atoms with Crippen LogP contribution in [0.25, 0.3) is 11.0 Å². The Kier molecular flexibility index (Phi) is 5.41. The van der Waals surface area contributed by atoms with E-state index in [4.69, 9.17) is 0 Å². The second-order valence-corrected chi connectivity index (χ2v) is 9.09. The molecule has 0 spiro atoms. The predicted octanol–water partition coefficient (Wildman–Crippen LogP) is 2.51. The van der Waals surface area contributed by atoms with Gasteiger partial charge in [-0.25, -0.2) is 22.1 Å². The van der Waals surface area contributed by atoms with Crippen molar-refractivity contribution in [3.05, 3.63) is 29.8 Å². The zero-order valence-corrected chi connectivity index (χ0v) is 15.5. The normalized spacial score (nSPS) is 19.8. The van der Waals surface area contributed by atoms with E-state index in [0.29, 0.717) is 18.5 Å². The van der Waals surface area contributed by atoms with Gasteiger partial charge in [-0.05, 0) is 50.6 Å². The van der Waals surface area contributed by atoms with Crippen molar-refractivity contribution in [3.8, 4) is 0 Å². The van der Waals surface area contributed by atoms with Crippen LogP contribution in [0.4, 0.5) is 4.39 Å². The van der Waals surface area contributed by atoms with E-state index >= 15 is 0 Å². The van der Waals surface area contributed by atoms with E-state index in [1.807, 2.05) is 0 Å². The van der Waals surface area contributed by atoms with Gasteiger partial charge in [0.15, 0.2) is 0 Å². The lowest BCUT2D eigenvalue weighted by atomic mass is 10.0. The van der Waals surface area contributed by atoms with Gasteiger partial charge in [0.1, 0.15) is 11.6 Å². The molecular formula is C17H25FN4O2S. The summed E-state index contributed by atoms with van der Waals surface area (Å²) >= 11 is 0. The van der Waals surface area contributed by atoms with Crippen LogP contribution in [-0.4, -0.2) is 60.5 Å². The standard InChI is InChI=1S/C17H25FN4O2S/c1-21(2)25(23,24)11-5-10-22-9-4-3-6-16(22)17-19-14-8-7-13(18)12-15(14)20-17/h7-8,12,16H,3-6,9-11H2,1-2H3,(H,19,20). The van der Waals surface area contributed by atoms with Gasteiger partial charge < -0.3 is 4.98 Å². The maximum atomic E-state index is 13.4. The summed E-state index contributed by atoms with van der Waals surface area (Å²) in [7, 11) is -0.0407. The number of aromatic nitrogens is 2. The predicted molar refractivity (Wildman–Crippen MR) is 96.3 cm³/mol. The van der Waals surface area contributed by atoms with Crippen molar-refractivity contribution in [2.45, 2.75) is 31.7 Å². The molecule has 0 aliphatic carbocycles. The minimum Gasteiger partial charge on any atom is -0.341 e. The third kappa shape index (κ3) is 4.19. The van der Waals surface area contributed by atoms with E-state index in [-0.39, 0.29) is 17.6 Å². The van der Waals surface area contributed by atoms with Crippen molar-refractivity contribution in [2.75, 3.05) is 32.9 Å². The Labute approximate surface area is 148 Å². The number of H-pyrrole nitrogens is 1. The molecule has 2 heterocycles. The van der Waals surface area contributed by atoms with Gasteiger partial charge in [-0.1, -0.05) is 6.42 Å². The molecule has 1 aliphatic rings. The molecule has 1 atom stereocenters. The van der Waals surface area contributed by atoms with Crippen LogP contribution in [0.2, 0.25) is 0 Å². The van der Waals surface area contributed by atoms with Gasteiger partial charge in [-0.2, -0.15) is 0 Å². The summed E-state index contributed by atoms with van der Waals surface area (Å²) in [6.07, 6.45) is 3.78. The van der Waals surface area contributed by atoms with Gasteiger partial charge in [0.05, 0.1) is 22.8 Å². The fourth-order valence-corrected chi connectivity index (χ4v) is 4.22. The summed E-state index contributed by atoms with van der Waals surface area (Å²) in [5, 5.41) is 0. The van der Waals surface area contributed by atoms with Gasteiger partial charge in [0.25, 0.3) is 0 Å². The number of piperidine rings is 1. The molecule has 8 heteroatoms. The van der Waals surface area contributed by atoms with Crippen LogP contribution in [-0.2, 0) is 10.0 Å². The first kappa shape index (κ1) is 18.3. The molecule has 6 nitrogen and oxygen atoms in total. The molecule has 2 aromatic rings. The van der Waals surface area contributed by atoms with E-state index in [2.05, 4.69) is 14.9 Å². The number of fused-ring (bicyclic) bond motifs is 1. The number of halogens is 1. The van der Waals surface area contributed by atoms with Crippen molar-refractivity contribution >= 4 is 21.1 Å². The average Bonchev–Trinajstić information content (AvgIpc) is 2.98. The molecular weight excluding hydrogens is 343 g/mol. The van der Waals surface area contributed by atoms with Crippen LogP contribution in [0.15, 0.2) is 18.2 Å². The monoisotopic (exact) mass is 368 g/mol. The van der Waals surface area contributed by atoms with E-state index in [1.54, 1.807) is 20.2 Å². The number of hydrogen-bond acceptors (Lipinski definition) is 4. The van der Waals surface area contributed by atoms with Crippen LogP contribution in [0.3, 0.4) is 0 Å². The topological polar surface area (TPSA) is 69.3 Å². The number of aromatic amines is 1. The molecule has 1 aromatic carbocycles. The van der Waals surface area contributed by atoms with Crippen LogP contribution < -0.4 is 0 Å². The van der Waals surface area contributed by atoms with E-state index in [0.717, 1.165) is 37.1 Å². The Morgan fingerprint density at radius 3 is 2.92 bits per heavy atom. The number of benzene rings is 1. The minimum absolute atomic E-state index is 0.131. The number of nitrogens with zero attached hydrogens (tertiary/aromatic N) is 3. The molecule has 1 fully saturated rings. The molecule has 0 amide bonds. The van der Waals surface area contributed by atoms with Gasteiger partial charge in [-0.15, -0.1) is 0 Å². The van der Waals surface area contributed by atoms with Gasteiger partial charge in [-0.3, -0.25) is 4.90 Å². The summed E-state index contributed by atoms with van der Waals surface area (Å²) in [5.74, 6) is 0.710. The van der Waals surface area contributed by atoms with E-state index in [1.165, 1.54) is 16.4 Å². The van der Waals surface area contributed by atoms with Gasteiger partial charge in [0, 0.05) is 14.1 Å². The molecule has 1 aliphatic heterocycles. The SMILES string of the molecule is CN(C)S(=O)(=O)CCCN1CCCCC1c1nc2ccc(F)cc2[nH]1. The van der Waals surface area contributed by atoms with Crippen molar-refractivity contribution in [1.82, 2.24) is 19.2 Å². The zero-order chi connectivity index (χ0) is 18.0. The number of rotatable bonds is 6. The highest BCUT2D eigenvalue weighted by atomic mass is 32.2. The Morgan fingerprint density at radius 1 is 1.36 bits per heavy atom. The molecule has 1 saturated heterocycles. The lowest BCUT2D eigenvalue weighted by Gasteiger charge is -2.34. The second kappa shape index (κ2) is 7.39. The summed E-state index contributed by atoms with van der Waals surface area (Å²) in [6.45, 7) is 1.64. The second-order valence-electron chi connectivity index (χ2n) is 6.78. The molecule has 0 bridgehead atoms.